The fraction of sp³-hybridized carbons (Fsp3) is 0.474. The smallest absolute Gasteiger partial charge is 0.328 e. The van der Waals surface area contributed by atoms with Gasteiger partial charge in [-0.15, -0.1) is 5.10 Å². The molecule has 0 aliphatic rings. The minimum absolute atomic E-state index is 0.0203. The highest BCUT2D eigenvalue weighted by Crippen LogP contribution is 2.21. The fourth-order valence-corrected chi connectivity index (χ4v) is 2.99. The molecule has 7 nitrogen and oxygen atoms in total. The van der Waals surface area contributed by atoms with E-state index < -0.39 is 17.9 Å². The summed E-state index contributed by atoms with van der Waals surface area (Å²) in [4.78, 5) is 30.8. The Balaban J connectivity index is 2.38. The molecule has 1 heterocycles. The Labute approximate surface area is 164 Å². The van der Waals surface area contributed by atoms with Crippen molar-refractivity contribution in [3.63, 3.8) is 0 Å². The highest BCUT2D eigenvalue weighted by Gasteiger charge is 2.31. The number of carbonyl (C=O) groups is 2. The molecule has 1 aromatic carbocycles. The molecule has 0 saturated carbocycles. The van der Waals surface area contributed by atoms with E-state index in [1.165, 1.54) is 12.0 Å². The Morgan fingerprint density at radius 3 is 2.52 bits per heavy atom. The van der Waals surface area contributed by atoms with Crippen LogP contribution in [0.4, 0.5) is 0 Å². The molecule has 0 bridgehead atoms. The number of hydrogen-bond donors (Lipinski definition) is 0. The summed E-state index contributed by atoms with van der Waals surface area (Å²) >= 11 is 6.26. The molecule has 0 fully saturated rings. The number of amides is 1. The van der Waals surface area contributed by atoms with Crippen LogP contribution in [0.1, 0.15) is 43.6 Å². The first kappa shape index (κ1) is 20.9. The first-order valence-corrected chi connectivity index (χ1v) is 9.23. The number of aryl methyl sites for hydroxylation is 1. The van der Waals surface area contributed by atoms with Crippen LogP contribution in [-0.2, 0) is 16.0 Å². The van der Waals surface area contributed by atoms with E-state index in [-0.39, 0.29) is 11.7 Å². The molecule has 0 aliphatic heterocycles. The van der Waals surface area contributed by atoms with Gasteiger partial charge in [-0.2, -0.15) is 0 Å². The topological polar surface area (TPSA) is 77.3 Å². The van der Waals surface area contributed by atoms with Gasteiger partial charge in [0, 0.05) is 13.5 Å². The third-order valence-corrected chi connectivity index (χ3v) is 4.54. The molecular weight excluding hydrogens is 368 g/mol. The lowest BCUT2D eigenvalue weighted by Crippen LogP contribution is -2.44. The van der Waals surface area contributed by atoms with E-state index in [2.05, 4.69) is 10.1 Å². The first-order chi connectivity index (χ1) is 12.8. The van der Waals surface area contributed by atoms with Crippen molar-refractivity contribution in [1.29, 1.82) is 0 Å². The zero-order valence-corrected chi connectivity index (χ0v) is 17.0. The summed E-state index contributed by atoms with van der Waals surface area (Å²) in [7, 11) is 2.88. The molecule has 0 radical (unpaired) electrons. The Hall–Kier alpha value is -2.41. The number of likely N-dealkylation sites (N-methyl/N-ethyl adjacent to an activating group) is 1. The summed E-state index contributed by atoms with van der Waals surface area (Å²) in [5.41, 5.74) is 0.650. The van der Waals surface area contributed by atoms with Gasteiger partial charge in [0.05, 0.1) is 17.8 Å². The molecule has 1 aromatic heterocycles. The predicted molar refractivity (Wildman–Crippen MR) is 103 cm³/mol. The van der Waals surface area contributed by atoms with Crippen LogP contribution in [0.5, 0.6) is 0 Å². The monoisotopic (exact) mass is 392 g/mol. The van der Waals surface area contributed by atoms with Crippen LogP contribution in [0.2, 0.25) is 5.02 Å². The minimum atomic E-state index is -0.695. The SMILES string of the molecule is CCc1nc(C(=O)N(C)[C@@H](CC(C)C)C(=O)OC)nn1-c1ccccc1Cl. The summed E-state index contributed by atoms with van der Waals surface area (Å²) in [6.45, 7) is 5.88. The molecule has 0 aliphatic carbocycles. The average Bonchev–Trinajstić information content (AvgIpc) is 3.08. The number of para-hydroxylation sites is 1. The second kappa shape index (κ2) is 8.99. The normalized spacial score (nSPS) is 12.1. The molecule has 146 valence electrons. The third-order valence-electron chi connectivity index (χ3n) is 4.22. The molecule has 0 saturated heterocycles. The summed E-state index contributed by atoms with van der Waals surface area (Å²) in [6, 6.07) is 6.53. The third kappa shape index (κ3) is 4.66. The number of ether oxygens (including phenoxy) is 1. The lowest BCUT2D eigenvalue weighted by atomic mass is 10.0. The second-order valence-corrected chi connectivity index (χ2v) is 7.06. The molecule has 2 rings (SSSR count). The Morgan fingerprint density at radius 1 is 1.30 bits per heavy atom. The standard InChI is InChI=1S/C19H25ClN4O3/c1-6-16-21-17(22-24(16)14-10-8-7-9-13(14)20)18(25)23(4)15(11-12(2)3)19(26)27-5/h7-10,12,15H,6,11H2,1-5H3/t15-/m0/s1. The predicted octanol–water partition coefficient (Wildman–Crippen LogP) is 3.14. The van der Waals surface area contributed by atoms with Crippen molar-refractivity contribution in [3.8, 4) is 5.69 Å². The van der Waals surface area contributed by atoms with Crippen LogP contribution in [-0.4, -0.2) is 51.7 Å². The van der Waals surface area contributed by atoms with Crippen LogP contribution in [0.25, 0.3) is 5.69 Å². The van der Waals surface area contributed by atoms with E-state index in [9.17, 15) is 9.59 Å². The van der Waals surface area contributed by atoms with Crippen molar-refractivity contribution in [1.82, 2.24) is 19.7 Å². The highest BCUT2D eigenvalue weighted by molar-refractivity contribution is 6.32. The summed E-state index contributed by atoms with van der Waals surface area (Å²) in [5.74, 6) is -0.0539. The molecule has 0 N–H and O–H groups in total. The Kier molecular flexibility index (Phi) is 6.96. The van der Waals surface area contributed by atoms with Crippen molar-refractivity contribution in [2.45, 2.75) is 39.7 Å². The van der Waals surface area contributed by atoms with Crippen molar-refractivity contribution < 1.29 is 14.3 Å². The van der Waals surface area contributed by atoms with Gasteiger partial charge in [-0.25, -0.2) is 14.5 Å². The Morgan fingerprint density at radius 2 is 1.96 bits per heavy atom. The van der Waals surface area contributed by atoms with Crippen molar-refractivity contribution >= 4 is 23.5 Å². The van der Waals surface area contributed by atoms with E-state index in [0.29, 0.717) is 29.4 Å². The maximum absolute atomic E-state index is 12.9. The molecule has 8 heteroatoms. The summed E-state index contributed by atoms with van der Waals surface area (Å²) in [6.07, 6.45) is 1.06. The quantitative estimate of drug-likeness (QED) is 0.676. The molecule has 2 aromatic rings. The molecule has 1 atom stereocenters. The lowest BCUT2D eigenvalue weighted by Gasteiger charge is -2.26. The number of carbonyl (C=O) groups excluding carboxylic acids is 2. The number of rotatable bonds is 7. The van der Waals surface area contributed by atoms with Gasteiger partial charge in [0.2, 0.25) is 5.82 Å². The Bertz CT molecular complexity index is 819. The van der Waals surface area contributed by atoms with Gasteiger partial charge in [-0.1, -0.05) is 44.5 Å². The number of hydrogen-bond acceptors (Lipinski definition) is 5. The van der Waals surface area contributed by atoms with E-state index in [1.807, 2.05) is 39.0 Å². The maximum Gasteiger partial charge on any atom is 0.328 e. The van der Waals surface area contributed by atoms with E-state index in [4.69, 9.17) is 16.3 Å². The van der Waals surface area contributed by atoms with Gasteiger partial charge in [-0.3, -0.25) is 4.79 Å². The maximum atomic E-state index is 12.9. The van der Waals surface area contributed by atoms with Crippen molar-refractivity contribution in [3.05, 3.63) is 40.9 Å². The van der Waals surface area contributed by atoms with Crippen molar-refractivity contribution in [2.75, 3.05) is 14.2 Å². The average molecular weight is 393 g/mol. The van der Waals surface area contributed by atoms with Gasteiger partial charge in [0.25, 0.3) is 5.91 Å². The van der Waals surface area contributed by atoms with Crippen LogP contribution >= 0.6 is 11.6 Å². The summed E-state index contributed by atoms with van der Waals surface area (Å²) in [5, 5.41) is 4.87. The van der Waals surface area contributed by atoms with Gasteiger partial charge < -0.3 is 9.64 Å². The van der Waals surface area contributed by atoms with Gasteiger partial charge in [0.1, 0.15) is 11.9 Å². The molecule has 0 unspecified atom stereocenters. The minimum Gasteiger partial charge on any atom is -0.467 e. The van der Waals surface area contributed by atoms with E-state index in [0.717, 1.165) is 0 Å². The van der Waals surface area contributed by atoms with Gasteiger partial charge in [0.15, 0.2) is 0 Å². The number of aromatic nitrogens is 3. The van der Waals surface area contributed by atoms with Crippen LogP contribution in [0.15, 0.2) is 24.3 Å². The van der Waals surface area contributed by atoms with Gasteiger partial charge >= 0.3 is 5.97 Å². The highest BCUT2D eigenvalue weighted by atomic mass is 35.5. The van der Waals surface area contributed by atoms with Gasteiger partial charge in [-0.05, 0) is 24.5 Å². The number of halogens is 1. The number of nitrogens with zero attached hydrogens (tertiary/aromatic N) is 4. The largest absolute Gasteiger partial charge is 0.467 e. The zero-order valence-electron chi connectivity index (χ0n) is 16.3. The van der Waals surface area contributed by atoms with E-state index >= 15 is 0 Å². The molecule has 0 spiro atoms. The zero-order chi connectivity index (χ0) is 20.1. The van der Waals surface area contributed by atoms with E-state index in [1.54, 1.807) is 17.8 Å². The molecular formula is C19H25ClN4O3. The molecule has 27 heavy (non-hydrogen) atoms. The number of benzene rings is 1. The van der Waals surface area contributed by atoms with Crippen LogP contribution < -0.4 is 0 Å². The number of esters is 1. The van der Waals surface area contributed by atoms with Crippen LogP contribution in [0.3, 0.4) is 0 Å². The lowest BCUT2D eigenvalue weighted by molar-refractivity contribution is -0.146. The summed E-state index contributed by atoms with van der Waals surface area (Å²) < 4.78 is 6.43. The second-order valence-electron chi connectivity index (χ2n) is 6.65. The molecule has 1 amide bonds. The van der Waals surface area contributed by atoms with Crippen molar-refractivity contribution in [2.24, 2.45) is 5.92 Å². The fourth-order valence-electron chi connectivity index (χ4n) is 2.77. The van der Waals surface area contributed by atoms with Crippen LogP contribution in [0, 0.1) is 5.92 Å². The number of methoxy groups -OCH3 is 1. The first-order valence-electron chi connectivity index (χ1n) is 8.85.